The minimum Gasteiger partial charge on any atom is -0.491 e. The maximum absolute atomic E-state index is 13.4. The van der Waals surface area contributed by atoms with Gasteiger partial charge in [-0.2, -0.15) is 0 Å². The predicted octanol–water partition coefficient (Wildman–Crippen LogP) is 2.55. The van der Waals surface area contributed by atoms with E-state index in [2.05, 4.69) is 0 Å². The molecule has 0 fully saturated rings. The van der Waals surface area contributed by atoms with E-state index in [0.717, 1.165) is 0 Å². The van der Waals surface area contributed by atoms with Gasteiger partial charge in [0.15, 0.2) is 11.5 Å². The highest BCUT2D eigenvalue weighted by Gasteiger charge is 2.13. The van der Waals surface area contributed by atoms with Crippen LogP contribution in [-0.2, 0) is 11.3 Å². The molecule has 1 unspecified atom stereocenters. The van der Waals surface area contributed by atoms with E-state index in [0.29, 0.717) is 36.0 Å². The number of rotatable bonds is 7. The molecule has 0 saturated carbocycles. The lowest BCUT2D eigenvalue weighted by atomic mass is 10.2. The molecule has 24 heavy (non-hydrogen) atoms. The van der Waals surface area contributed by atoms with Crippen molar-refractivity contribution in [2.75, 3.05) is 26.4 Å². The zero-order valence-corrected chi connectivity index (χ0v) is 13.1. The fraction of sp³-hybridized carbons (Fsp3) is 0.333. The molecule has 0 bridgehead atoms. The van der Waals surface area contributed by atoms with Crippen LogP contribution in [0.3, 0.4) is 0 Å². The van der Waals surface area contributed by atoms with Crippen LogP contribution in [0.15, 0.2) is 42.5 Å². The number of hydrogen-bond acceptors (Lipinski definition) is 5. The summed E-state index contributed by atoms with van der Waals surface area (Å²) in [7, 11) is 0. The molecule has 128 valence electrons. The van der Waals surface area contributed by atoms with Crippen LogP contribution in [0.25, 0.3) is 0 Å². The number of ether oxygens (including phenoxy) is 4. The number of aliphatic hydroxyl groups is 1. The maximum atomic E-state index is 13.4. The molecule has 3 rings (SSSR count). The highest BCUT2D eigenvalue weighted by molar-refractivity contribution is 5.46. The summed E-state index contributed by atoms with van der Waals surface area (Å²) in [4.78, 5) is 0. The van der Waals surface area contributed by atoms with Gasteiger partial charge in [0.25, 0.3) is 0 Å². The van der Waals surface area contributed by atoms with Crippen LogP contribution in [0.5, 0.6) is 17.2 Å². The third-order valence-corrected chi connectivity index (χ3v) is 3.48. The van der Waals surface area contributed by atoms with Crippen LogP contribution in [-0.4, -0.2) is 37.6 Å². The van der Waals surface area contributed by atoms with Crippen molar-refractivity contribution in [2.24, 2.45) is 0 Å². The van der Waals surface area contributed by atoms with Crippen LogP contribution in [0.2, 0.25) is 0 Å². The van der Waals surface area contributed by atoms with Gasteiger partial charge >= 0.3 is 0 Å². The molecule has 2 aromatic carbocycles. The van der Waals surface area contributed by atoms with Gasteiger partial charge in [0, 0.05) is 11.6 Å². The zero-order valence-electron chi connectivity index (χ0n) is 13.1. The average Bonchev–Trinajstić information content (AvgIpc) is 2.61. The van der Waals surface area contributed by atoms with Crippen molar-refractivity contribution in [3.63, 3.8) is 0 Å². The minimum atomic E-state index is -0.815. The molecule has 1 atom stereocenters. The van der Waals surface area contributed by atoms with Crippen LogP contribution >= 0.6 is 0 Å². The topological polar surface area (TPSA) is 57.2 Å². The molecule has 6 heteroatoms. The van der Waals surface area contributed by atoms with Crippen LogP contribution < -0.4 is 14.2 Å². The van der Waals surface area contributed by atoms with Crippen LogP contribution in [0.4, 0.5) is 4.39 Å². The Kier molecular flexibility index (Phi) is 5.51. The number of benzene rings is 2. The Morgan fingerprint density at radius 1 is 1.04 bits per heavy atom. The lowest BCUT2D eigenvalue weighted by Gasteiger charge is -2.19. The third kappa shape index (κ3) is 4.37. The quantitative estimate of drug-likeness (QED) is 0.843. The largest absolute Gasteiger partial charge is 0.491 e. The first-order valence-corrected chi connectivity index (χ1v) is 7.74. The minimum absolute atomic E-state index is 0.0545. The van der Waals surface area contributed by atoms with Crippen LogP contribution in [0.1, 0.15) is 5.56 Å². The zero-order chi connectivity index (χ0) is 16.8. The Balaban J connectivity index is 1.42. The van der Waals surface area contributed by atoms with Crippen molar-refractivity contribution >= 4 is 0 Å². The first-order chi connectivity index (χ1) is 11.7. The molecule has 1 N–H and O–H groups in total. The normalized spacial score (nSPS) is 14.2. The second-order valence-electron chi connectivity index (χ2n) is 5.38. The van der Waals surface area contributed by atoms with E-state index in [-0.39, 0.29) is 25.6 Å². The Morgan fingerprint density at radius 2 is 1.83 bits per heavy atom. The summed E-state index contributed by atoms with van der Waals surface area (Å²) in [5, 5.41) is 9.90. The van der Waals surface area contributed by atoms with E-state index >= 15 is 0 Å². The van der Waals surface area contributed by atoms with E-state index in [1.165, 1.54) is 6.07 Å². The lowest BCUT2D eigenvalue weighted by molar-refractivity contribution is 0.00468. The van der Waals surface area contributed by atoms with E-state index < -0.39 is 6.10 Å². The molecular weight excluding hydrogens is 315 g/mol. The molecule has 5 nitrogen and oxygen atoms in total. The Morgan fingerprint density at radius 3 is 2.67 bits per heavy atom. The SMILES string of the molecule is OC(COCc1ccccc1F)COc1ccc2c(c1)OCCO2. The number of fused-ring (bicyclic) bond motifs is 1. The van der Waals surface area contributed by atoms with Crippen LogP contribution in [0, 0.1) is 5.82 Å². The lowest BCUT2D eigenvalue weighted by Crippen LogP contribution is -2.23. The fourth-order valence-corrected chi connectivity index (χ4v) is 2.27. The van der Waals surface area contributed by atoms with Crippen molar-refractivity contribution in [3.05, 3.63) is 53.8 Å². The molecule has 0 spiro atoms. The average molecular weight is 334 g/mol. The van der Waals surface area contributed by atoms with E-state index in [4.69, 9.17) is 18.9 Å². The predicted molar refractivity (Wildman–Crippen MR) is 85.0 cm³/mol. The van der Waals surface area contributed by atoms with Crippen molar-refractivity contribution < 1.29 is 28.4 Å². The first-order valence-electron chi connectivity index (χ1n) is 7.74. The van der Waals surface area contributed by atoms with E-state index in [9.17, 15) is 9.50 Å². The molecule has 0 saturated heterocycles. The summed E-state index contributed by atoms with van der Waals surface area (Å²) in [6.07, 6.45) is -0.815. The third-order valence-electron chi connectivity index (χ3n) is 3.48. The van der Waals surface area contributed by atoms with Gasteiger partial charge in [0.1, 0.15) is 37.5 Å². The molecule has 0 aliphatic carbocycles. The van der Waals surface area contributed by atoms with Gasteiger partial charge in [-0.3, -0.25) is 0 Å². The molecule has 2 aromatic rings. The summed E-state index contributed by atoms with van der Waals surface area (Å²) < 4.78 is 35.2. The van der Waals surface area contributed by atoms with Gasteiger partial charge in [0.2, 0.25) is 0 Å². The Bertz CT molecular complexity index is 676. The monoisotopic (exact) mass is 334 g/mol. The molecule has 1 aliphatic heterocycles. The standard InChI is InChI=1S/C18H19FO5/c19-16-4-2-1-3-13(16)10-21-11-14(20)12-24-15-5-6-17-18(9-15)23-8-7-22-17/h1-6,9,14,20H,7-8,10-12H2. The summed E-state index contributed by atoms with van der Waals surface area (Å²) in [5.41, 5.74) is 0.456. The van der Waals surface area contributed by atoms with Gasteiger partial charge in [-0.05, 0) is 18.2 Å². The number of aliphatic hydroxyl groups excluding tert-OH is 1. The highest BCUT2D eigenvalue weighted by atomic mass is 19.1. The molecule has 0 radical (unpaired) electrons. The maximum Gasteiger partial charge on any atom is 0.165 e. The van der Waals surface area contributed by atoms with E-state index in [1.807, 2.05) is 0 Å². The first kappa shape index (κ1) is 16.5. The van der Waals surface area contributed by atoms with Crippen molar-refractivity contribution in [2.45, 2.75) is 12.7 Å². The number of halogens is 1. The van der Waals surface area contributed by atoms with Gasteiger partial charge in [0.05, 0.1) is 13.2 Å². The van der Waals surface area contributed by atoms with Gasteiger partial charge < -0.3 is 24.1 Å². The van der Waals surface area contributed by atoms with Crippen molar-refractivity contribution in [1.82, 2.24) is 0 Å². The van der Waals surface area contributed by atoms with Gasteiger partial charge in [-0.25, -0.2) is 4.39 Å². The second kappa shape index (κ2) is 7.99. The van der Waals surface area contributed by atoms with Gasteiger partial charge in [-0.1, -0.05) is 18.2 Å². The molecule has 0 aromatic heterocycles. The molecule has 1 heterocycles. The smallest absolute Gasteiger partial charge is 0.165 e. The highest BCUT2D eigenvalue weighted by Crippen LogP contribution is 2.33. The van der Waals surface area contributed by atoms with Gasteiger partial charge in [-0.15, -0.1) is 0 Å². The van der Waals surface area contributed by atoms with E-state index in [1.54, 1.807) is 36.4 Å². The van der Waals surface area contributed by atoms with Crippen molar-refractivity contribution in [3.8, 4) is 17.2 Å². The summed E-state index contributed by atoms with van der Waals surface area (Å²) in [6, 6.07) is 11.6. The summed E-state index contributed by atoms with van der Waals surface area (Å²) in [6.45, 7) is 1.26. The van der Waals surface area contributed by atoms with Crippen molar-refractivity contribution in [1.29, 1.82) is 0 Å². The summed E-state index contributed by atoms with van der Waals surface area (Å²) >= 11 is 0. The second-order valence-corrected chi connectivity index (χ2v) is 5.38. The Labute approximate surface area is 139 Å². The summed E-state index contributed by atoms with van der Waals surface area (Å²) in [5.74, 6) is 1.57. The fourth-order valence-electron chi connectivity index (χ4n) is 2.27. The molecule has 0 amide bonds. The molecular formula is C18H19FO5. The molecule has 1 aliphatic rings. The Hall–Kier alpha value is -2.31. The number of hydrogen-bond donors (Lipinski definition) is 1.